The lowest BCUT2D eigenvalue weighted by Crippen LogP contribution is -1.89. The van der Waals surface area contributed by atoms with E-state index in [9.17, 15) is 0 Å². The van der Waals surface area contributed by atoms with Gasteiger partial charge in [0.25, 0.3) is 0 Å². The van der Waals surface area contributed by atoms with Gasteiger partial charge in [-0.15, -0.1) is 0 Å². The fraction of sp³-hybridized carbons (Fsp3) is 0.833. The molecule has 0 fully saturated rings. The van der Waals surface area contributed by atoms with Crippen molar-refractivity contribution in [3.63, 3.8) is 0 Å². The Balaban J connectivity index is 3.47. The molecule has 0 saturated carbocycles. The Labute approximate surface area is 78.1 Å². The van der Waals surface area contributed by atoms with Crippen LogP contribution >= 0.6 is 0 Å². The van der Waals surface area contributed by atoms with Crippen LogP contribution in [-0.4, -0.2) is 0 Å². The smallest absolute Gasteiger partial charge is 0.0263 e. The molecule has 0 N–H and O–H groups in total. The molecule has 0 rings (SSSR count). The quantitative estimate of drug-likeness (QED) is 0.421. The summed E-state index contributed by atoms with van der Waals surface area (Å²) in [6, 6.07) is 0. The molecule has 0 spiro atoms. The van der Waals surface area contributed by atoms with Crippen molar-refractivity contribution in [1.29, 1.82) is 0 Å². The second-order valence-corrected chi connectivity index (χ2v) is 4.43. The summed E-state index contributed by atoms with van der Waals surface area (Å²) >= 11 is 0. The molecule has 0 aromatic heterocycles. The zero-order valence-corrected chi connectivity index (χ0v) is 9.35. The van der Waals surface area contributed by atoms with E-state index in [0.29, 0.717) is 0 Å². The molecule has 0 heterocycles. The second kappa shape index (κ2) is 6.28. The van der Waals surface area contributed by atoms with Gasteiger partial charge in [0.05, 0.1) is 0 Å². The summed E-state index contributed by atoms with van der Waals surface area (Å²) in [5, 5.41) is 0. The van der Waals surface area contributed by atoms with Gasteiger partial charge in [0.2, 0.25) is 0 Å². The molecule has 0 heteroatoms. The van der Waals surface area contributed by atoms with Crippen LogP contribution < -0.4 is 0 Å². The van der Waals surface area contributed by atoms with Crippen LogP contribution in [0.5, 0.6) is 0 Å². The molecule has 0 atom stereocenters. The van der Waals surface area contributed by atoms with Crippen molar-refractivity contribution in [1.82, 2.24) is 0 Å². The van der Waals surface area contributed by atoms with Crippen LogP contribution in [0.25, 0.3) is 0 Å². The third-order valence-corrected chi connectivity index (χ3v) is 2.36. The Morgan fingerprint density at radius 1 is 1.17 bits per heavy atom. The normalized spacial score (nSPS) is 13.1. The average Bonchev–Trinajstić information content (AvgIpc) is 1.97. The van der Waals surface area contributed by atoms with Crippen LogP contribution in [0.2, 0.25) is 0 Å². The van der Waals surface area contributed by atoms with Crippen LogP contribution in [0.3, 0.4) is 0 Å². The Bertz CT molecular complexity index is 129. The third kappa shape index (κ3) is 6.45. The molecule has 0 saturated heterocycles. The fourth-order valence-corrected chi connectivity index (χ4v) is 1.09. The molecule has 12 heavy (non-hydrogen) atoms. The van der Waals surface area contributed by atoms with Gasteiger partial charge in [0.15, 0.2) is 0 Å². The van der Waals surface area contributed by atoms with Crippen molar-refractivity contribution in [3.8, 4) is 0 Å². The lowest BCUT2D eigenvalue weighted by atomic mass is 10.0. The molecule has 72 valence electrons. The average molecular weight is 168 g/mol. The Morgan fingerprint density at radius 2 is 1.75 bits per heavy atom. The van der Waals surface area contributed by atoms with Gasteiger partial charge < -0.3 is 0 Å². The van der Waals surface area contributed by atoms with Gasteiger partial charge in [-0.05, 0) is 31.6 Å². The summed E-state index contributed by atoms with van der Waals surface area (Å²) in [5.41, 5.74) is 1.54. The monoisotopic (exact) mass is 168 g/mol. The molecule has 0 amide bonds. The number of hydrogen-bond acceptors (Lipinski definition) is 0. The minimum Gasteiger partial charge on any atom is -0.0854 e. The van der Waals surface area contributed by atoms with E-state index in [1.54, 1.807) is 5.57 Å². The molecule has 0 bridgehead atoms. The standard InChI is InChI=1S/C12H24/c1-10(2)8-6-7-9-12(5)11(3)4/h9-11H,6-8H2,1-5H3/b12-9+. The highest BCUT2D eigenvalue weighted by molar-refractivity contribution is 5.00. The van der Waals surface area contributed by atoms with Gasteiger partial charge in [-0.1, -0.05) is 45.8 Å². The fourth-order valence-electron chi connectivity index (χ4n) is 1.09. The highest BCUT2D eigenvalue weighted by atomic mass is 14.0. The Kier molecular flexibility index (Phi) is 6.14. The predicted molar refractivity (Wildman–Crippen MR) is 57.3 cm³/mol. The number of rotatable bonds is 5. The Morgan fingerprint density at radius 3 is 2.17 bits per heavy atom. The SMILES string of the molecule is C/C(=C\CCCC(C)C)C(C)C. The number of allylic oxidation sites excluding steroid dienone is 2. The summed E-state index contributed by atoms with van der Waals surface area (Å²) in [4.78, 5) is 0. The van der Waals surface area contributed by atoms with Crippen molar-refractivity contribution in [3.05, 3.63) is 11.6 Å². The van der Waals surface area contributed by atoms with Crippen molar-refractivity contribution >= 4 is 0 Å². The number of unbranched alkanes of at least 4 members (excludes halogenated alkanes) is 1. The molecular weight excluding hydrogens is 144 g/mol. The van der Waals surface area contributed by atoms with Gasteiger partial charge in [0, 0.05) is 0 Å². The first-order valence-electron chi connectivity index (χ1n) is 5.20. The van der Waals surface area contributed by atoms with E-state index >= 15 is 0 Å². The second-order valence-electron chi connectivity index (χ2n) is 4.43. The van der Waals surface area contributed by atoms with E-state index in [1.807, 2.05) is 0 Å². The summed E-state index contributed by atoms with van der Waals surface area (Å²) in [5.74, 6) is 1.59. The van der Waals surface area contributed by atoms with E-state index in [2.05, 4.69) is 40.7 Å². The van der Waals surface area contributed by atoms with Crippen LogP contribution in [0, 0.1) is 11.8 Å². The maximum absolute atomic E-state index is 2.40. The van der Waals surface area contributed by atoms with E-state index in [4.69, 9.17) is 0 Å². The molecule has 0 aromatic rings. The first kappa shape index (κ1) is 11.7. The van der Waals surface area contributed by atoms with E-state index in [-0.39, 0.29) is 0 Å². The summed E-state index contributed by atoms with van der Waals surface area (Å²) < 4.78 is 0. The molecule has 0 aliphatic rings. The van der Waals surface area contributed by atoms with Gasteiger partial charge in [-0.3, -0.25) is 0 Å². The van der Waals surface area contributed by atoms with Gasteiger partial charge in [0.1, 0.15) is 0 Å². The molecule has 0 unspecified atom stereocenters. The minimum atomic E-state index is 0.726. The maximum atomic E-state index is 2.40. The highest BCUT2D eigenvalue weighted by Gasteiger charge is 1.96. The summed E-state index contributed by atoms with van der Waals surface area (Å²) in [6.07, 6.45) is 6.37. The number of hydrogen-bond donors (Lipinski definition) is 0. The van der Waals surface area contributed by atoms with Crippen molar-refractivity contribution in [2.24, 2.45) is 11.8 Å². The first-order chi connectivity index (χ1) is 5.54. The molecule has 0 radical (unpaired) electrons. The molecule has 0 nitrogen and oxygen atoms in total. The molecule has 0 aromatic carbocycles. The van der Waals surface area contributed by atoms with Crippen LogP contribution in [0.1, 0.15) is 53.9 Å². The maximum Gasteiger partial charge on any atom is -0.0263 e. The van der Waals surface area contributed by atoms with Gasteiger partial charge in [-0.25, -0.2) is 0 Å². The van der Waals surface area contributed by atoms with E-state index < -0.39 is 0 Å². The van der Waals surface area contributed by atoms with Crippen LogP contribution in [-0.2, 0) is 0 Å². The highest BCUT2D eigenvalue weighted by Crippen LogP contribution is 2.12. The van der Waals surface area contributed by atoms with E-state index in [1.165, 1.54) is 19.3 Å². The molecule has 0 aliphatic carbocycles. The lowest BCUT2D eigenvalue weighted by molar-refractivity contribution is 0.558. The zero-order valence-electron chi connectivity index (χ0n) is 9.35. The molecular formula is C12H24. The van der Waals surface area contributed by atoms with Crippen molar-refractivity contribution < 1.29 is 0 Å². The van der Waals surface area contributed by atoms with Crippen molar-refractivity contribution in [2.45, 2.75) is 53.9 Å². The van der Waals surface area contributed by atoms with Gasteiger partial charge >= 0.3 is 0 Å². The van der Waals surface area contributed by atoms with E-state index in [0.717, 1.165) is 11.8 Å². The van der Waals surface area contributed by atoms with Crippen molar-refractivity contribution in [2.75, 3.05) is 0 Å². The zero-order chi connectivity index (χ0) is 9.56. The Hall–Kier alpha value is -0.260. The summed E-state index contributed by atoms with van der Waals surface area (Å²) in [6.45, 7) is 11.3. The van der Waals surface area contributed by atoms with Gasteiger partial charge in [-0.2, -0.15) is 0 Å². The molecule has 0 aliphatic heterocycles. The van der Waals surface area contributed by atoms with Crippen LogP contribution in [0.4, 0.5) is 0 Å². The third-order valence-electron chi connectivity index (χ3n) is 2.36. The lowest BCUT2D eigenvalue weighted by Gasteiger charge is -2.05. The van der Waals surface area contributed by atoms with Crippen LogP contribution in [0.15, 0.2) is 11.6 Å². The first-order valence-corrected chi connectivity index (χ1v) is 5.20. The predicted octanol–water partition coefficient (Wildman–Crippen LogP) is 4.42. The minimum absolute atomic E-state index is 0.726. The topological polar surface area (TPSA) is 0 Å². The largest absolute Gasteiger partial charge is 0.0854 e. The summed E-state index contributed by atoms with van der Waals surface area (Å²) in [7, 11) is 0.